The Morgan fingerprint density at radius 3 is 2.89 bits per heavy atom. The number of hydrogen-bond acceptors (Lipinski definition) is 2. The van der Waals surface area contributed by atoms with Crippen molar-refractivity contribution in [2.75, 3.05) is 6.54 Å². The number of benzene rings is 1. The molecule has 0 radical (unpaired) electrons. The van der Waals surface area contributed by atoms with Crippen LogP contribution in [0.3, 0.4) is 0 Å². The van der Waals surface area contributed by atoms with Crippen molar-refractivity contribution in [2.24, 2.45) is 0 Å². The molecule has 0 atom stereocenters. The summed E-state index contributed by atoms with van der Waals surface area (Å²) in [6, 6.07) is 9.16. The normalized spacial score (nSPS) is 10.6. The van der Waals surface area contributed by atoms with E-state index in [2.05, 4.69) is 17.2 Å². The van der Waals surface area contributed by atoms with E-state index in [4.69, 9.17) is 11.6 Å². The number of carbonyl (C=O) groups excluding carboxylic acids is 1. The van der Waals surface area contributed by atoms with Crippen LogP contribution in [0.15, 0.2) is 30.3 Å². The lowest BCUT2D eigenvalue weighted by molar-refractivity contribution is 0.0948. The Labute approximate surface area is 118 Å². The fraction of sp³-hybridized carbons (Fsp3) is 0.333. The maximum Gasteiger partial charge on any atom is 0.269 e. The number of nitrogens with one attached hydrogen (secondary N) is 1. The van der Waals surface area contributed by atoms with Crippen molar-refractivity contribution in [1.82, 2.24) is 10.3 Å². The highest BCUT2D eigenvalue weighted by atomic mass is 35.5. The fourth-order valence-electron chi connectivity index (χ4n) is 1.92. The molecule has 0 bridgehead atoms. The van der Waals surface area contributed by atoms with Crippen LogP contribution < -0.4 is 5.32 Å². The van der Waals surface area contributed by atoms with Gasteiger partial charge < -0.3 is 5.32 Å². The number of aromatic nitrogens is 1. The third kappa shape index (κ3) is 3.44. The zero-order valence-electron chi connectivity index (χ0n) is 10.9. The fourth-order valence-corrected chi connectivity index (χ4v) is 2.18. The van der Waals surface area contributed by atoms with Crippen LogP contribution in [-0.4, -0.2) is 17.4 Å². The van der Waals surface area contributed by atoms with Crippen molar-refractivity contribution in [3.05, 3.63) is 41.0 Å². The van der Waals surface area contributed by atoms with E-state index in [9.17, 15) is 4.79 Å². The number of amides is 1. The molecule has 0 aliphatic rings. The van der Waals surface area contributed by atoms with Crippen LogP contribution in [-0.2, 0) is 0 Å². The first kappa shape index (κ1) is 13.8. The highest BCUT2D eigenvalue weighted by molar-refractivity contribution is 6.35. The smallest absolute Gasteiger partial charge is 0.269 e. The van der Waals surface area contributed by atoms with E-state index in [1.807, 2.05) is 24.3 Å². The summed E-state index contributed by atoms with van der Waals surface area (Å²) in [7, 11) is 0. The minimum Gasteiger partial charge on any atom is -0.351 e. The zero-order valence-corrected chi connectivity index (χ0v) is 11.7. The van der Waals surface area contributed by atoms with Crippen LogP contribution >= 0.6 is 11.6 Å². The molecular formula is C15H17ClN2O. The summed E-state index contributed by atoms with van der Waals surface area (Å²) in [4.78, 5) is 16.3. The van der Waals surface area contributed by atoms with Crippen molar-refractivity contribution >= 4 is 28.4 Å². The number of para-hydroxylation sites is 1. The van der Waals surface area contributed by atoms with E-state index in [1.54, 1.807) is 6.07 Å². The maximum absolute atomic E-state index is 12.0. The SMILES string of the molecule is CCCCCNC(=O)c1cc(Cl)c2ccccc2n1. The molecule has 0 aliphatic carbocycles. The van der Waals surface area contributed by atoms with Gasteiger partial charge in [0.2, 0.25) is 0 Å². The first-order valence-corrected chi connectivity index (χ1v) is 6.93. The first-order valence-electron chi connectivity index (χ1n) is 6.56. The van der Waals surface area contributed by atoms with Gasteiger partial charge in [-0.1, -0.05) is 49.6 Å². The van der Waals surface area contributed by atoms with Gasteiger partial charge in [-0.15, -0.1) is 0 Å². The molecule has 4 heteroatoms. The molecule has 0 fully saturated rings. The summed E-state index contributed by atoms with van der Waals surface area (Å²) in [6.07, 6.45) is 3.24. The van der Waals surface area contributed by atoms with E-state index < -0.39 is 0 Å². The summed E-state index contributed by atoms with van der Waals surface area (Å²) < 4.78 is 0. The molecule has 2 rings (SSSR count). The topological polar surface area (TPSA) is 42.0 Å². The molecule has 0 saturated carbocycles. The number of carbonyl (C=O) groups is 1. The van der Waals surface area contributed by atoms with Gasteiger partial charge in [-0.3, -0.25) is 4.79 Å². The van der Waals surface area contributed by atoms with Crippen molar-refractivity contribution in [1.29, 1.82) is 0 Å². The maximum atomic E-state index is 12.0. The number of hydrogen-bond donors (Lipinski definition) is 1. The Morgan fingerprint density at radius 1 is 1.32 bits per heavy atom. The number of rotatable bonds is 5. The molecule has 3 nitrogen and oxygen atoms in total. The second-order valence-electron chi connectivity index (χ2n) is 4.47. The van der Waals surface area contributed by atoms with E-state index in [0.717, 1.165) is 30.2 Å². The number of halogens is 1. The van der Waals surface area contributed by atoms with E-state index in [1.165, 1.54) is 0 Å². The molecular weight excluding hydrogens is 260 g/mol. The second kappa shape index (κ2) is 6.53. The number of pyridine rings is 1. The summed E-state index contributed by atoms with van der Waals surface area (Å²) in [5.41, 5.74) is 1.12. The van der Waals surface area contributed by atoms with Crippen LogP contribution in [0.4, 0.5) is 0 Å². The molecule has 1 aromatic heterocycles. The Kier molecular flexibility index (Phi) is 4.74. The summed E-state index contributed by atoms with van der Waals surface area (Å²) in [6.45, 7) is 2.81. The molecule has 1 amide bonds. The van der Waals surface area contributed by atoms with Gasteiger partial charge in [0.1, 0.15) is 5.69 Å². The van der Waals surface area contributed by atoms with Gasteiger partial charge in [-0.25, -0.2) is 4.98 Å². The van der Waals surface area contributed by atoms with Crippen LogP contribution in [0.25, 0.3) is 10.9 Å². The Bertz CT molecular complexity index is 583. The quantitative estimate of drug-likeness (QED) is 0.844. The molecule has 0 unspecified atom stereocenters. The van der Waals surface area contributed by atoms with Gasteiger partial charge in [0.05, 0.1) is 10.5 Å². The molecule has 2 aromatic rings. The molecule has 19 heavy (non-hydrogen) atoms. The molecule has 1 heterocycles. The Morgan fingerprint density at radius 2 is 2.11 bits per heavy atom. The van der Waals surface area contributed by atoms with Crippen LogP contribution in [0.1, 0.15) is 36.7 Å². The van der Waals surface area contributed by atoms with E-state index >= 15 is 0 Å². The van der Waals surface area contributed by atoms with E-state index in [-0.39, 0.29) is 5.91 Å². The Balaban J connectivity index is 2.14. The lowest BCUT2D eigenvalue weighted by Gasteiger charge is -2.06. The lowest BCUT2D eigenvalue weighted by Crippen LogP contribution is -2.25. The van der Waals surface area contributed by atoms with Crippen molar-refractivity contribution in [2.45, 2.75) is 26.2 Å². The lowest BCUT2D eigenvalue weighted by atomic mass is 10.2. The van der Waals surface area contributed by atoms with Gasteiger partial charge in [0, 0.05) is 11.9 Å². The zero-order chi connectivity index (χ0) is 13.7. The first-order chi connectivity index (χ1) is 9.22. The van der Waals surface area contributed by atoms with Crippen LogP contribution in [0.5, 0.6) is 0 Å². The monoisotopic (exact) mass is 276 g/mol. The third-order valence-corrected chi connectivity index (χ3v) is 3.28. The third-order valence-electron chi connectivity index (χ3n) is 2.96. The number of unbranched alkanes of at least 4 members (excludes halogenated alkanes) is 2. The average Bonchev–Trinajstić information content (AvgIpc) is 2.43. The molecule has 1 aromatic carbocycles. The number of fused-ring (bicyclic) bond motifs is 1. The largest absolute Gasteiger partial charge is 0.351 e. The summed E-state index contributed by atoms with van der Waals surface area (Å²) >= 11 is 6.17. The van der Waals surface area contributed by atoms with Gasteiger partial charge in [0.25, 0.3) is 5.91 Å². The predicted molar refractivity (Wildman–Crippen MR) is 78.6 cm³/mol. The van der Waals surface area contributed by atoms with Gasteiger partial charge >= 0.3 is 0 Å². The minimum absolute atomic E-state index is 0.163. The molecule has 0 saturated heterocycles. The van der Waals surface area contributed by atoms with Crippen molar-refractivity contribution in [3.63, 3.8) is 0 Å². The Hall–Kier alpha value is -1.61. The highest BCUT2D eigenvalue weighted by Gasteiger charge is 2.10. The minimum atomic E-state index is -0.163. The van der Waals surface area contributed by atoms with Gasteiger partial charge in [-0.2, -0.15) is 0 Å². The number of nitrogens with zero attached hydrogens (tertiary/aromatic N) is 1. The molecule has 100 valence electrons. The van der Waals surface area contributed by atoms with Crippen LogP contribution in [0.2, 0.25) is 5.02 Å². The molecule has 0 aliphatic heterocycles. The van der Waals surface area contributed by atoms with Crippen LogP contribution in [0, 0.1) is 0 Å². The van der Waals surface area contributed by atoms with Gasteiger partial charge in [0.15, 0.2) is 0 Å². The van der Waals surface area contributed by atoms with Gasteiger partial charge in [-0.05, 0) is 18.6 Å². The molecule has 0 spiro atoms. The molecule has 1 N–H and O–H groups in total. The highest BCUT2D eigenvalue weighted by Crippen LogP contribution is 2.22. The summed E-state index contributed by atoms with van der Waals surface area (Å²) in [5.74, 6) is -0.163. The second-order valence-corrected chi connectivity index (χ2v) is 4.88. The average molecular weight is 277 g/mol. The predicted octanol–water partition coefficient (Wildman–Crippen LogP) is 3.81. The standard InChI is InChI=1S/C15H17ClN2O/c1-2-3-6-9-17-15(19)14-10-12(16)11-7-4-5-8-13(11)18-14/h4-5,7-8,10H,2-3,6,9H2,1H3,(H,17,19). The summed E-state index contributed by atoms with van der Waals surface area (Å²) in [5, 5.41) is 4.29. The van der Waals surface area contributed by atoms with Crippen molar-refractivity contribution < 1.29 is 4.79 Å². The van der Waals surface area contributed by atoms with E-state index in [0.29, 0.717) is 17.3 Å². The van der Waals surface area contributed by atoms with Crippen molar-refractivity contribution in [3.8, 4) is 0 Å².